The van der Waals surface area contributed by atoms with E-state index in [0.717, 1.165) is 110 Å². The van der Waals surface area contributed by atoms with Crippen molar-refractivity contribution in [2.75, 3.05) is 13.2 Å². The Bertz CT molecular complexity index is 830. The summed E-state index contributed by atoms with van der Waals surface area (Å²) in [6.07, 6.45) is 29.8. The van der Waals surface area contributed by atoms with Crippen LogP contribution in [0.5, 0.6) is 0 Å². The average Bonchev–Trinajstić information content (AvgIpc) is 3.08. The van der Waals surface area contributed by atoms with Crippen molar-refractivity contribution in [1.82, 2.24) is 0 Å². The van der Waals surface area contributed by atoms with Crippen LogP contribution >= 0.6 is 0 Å². The summed E-state index contributed by atoms with van der Waals surface area (Å²) >= 11 is 0. The summed E-state index contributed by atoms with van der Waals surface area (Å²) in [5.74, 6) is 1.28. The van der Waals surface area contributed by atoms with Crippen molar-refractivity contribution in [3.8, 4) is 0 Å². The predicted octanol–water partition coefficient (Wildman–Crippen LogP) is 10.3. The molecule has 6 nitrogen and oxygen atoms in total. The summed E-state index contributed by atoms with van der Waals surface area (Å²) in [4.78, 5) is 26.2. The smallest absolute Gasteiger partial charge is 0.309 e. The van der Waals surface area contributed by atoms with Gasteiger partial charge in [-0.15, -0.1) is 0 Å². The van der Waals surface area contributed by atoms with Gasteiger partial charge in [-0.1, -0.05) is 78.1 Å². The van der Waals surface area contributed by atoms with E-state index < -0.39 is 0 Å². The fourth-order valence-electron chi connectivity index (χ4n) is 8.73. The molecule has 0 aromatic rings. The van der Waals surface area contributed by atoms with Gasteiger partial charge in [-0.25, -0.2) is 0 Å². The predicted molar refractivity (Wildman–Crippen MR) is 185 cm³/mol. The van der Waals surface area contributed by atoms with Crippen LogP contribution in [0.4, 0.5) is 0 Å². The van der Waals surface area contributed by atoms with Crippen LogP contribution in [0.25, 0.3) is 0 Å². The van der Waals surface area contributed by atoms with Crippen molar-refractivity contribution in [2.24, 2.45) is 23.7 Å². The zero-order chi connectivity index (χ0) is 32.4. The zero-order valence-electron chi connectivity index (χ0n) is 29.9. The minimum atomic E-state index is 0.0256. The molecule has 4 rings (SSSR count). The maximum absolute atomic E-state index is 13.1. The van der Waals surface area contributed by atoms with E-state index >= 15 is 0 Å². The van der Waals surface area contributed by atoms with Crippen molar-refractivity contribution in [1.29, 1.82) is 0 Å². The van der Waals surface area contributed by atoms with E-state index in [2.05, 4.69) is 13.8 Å². The quantitative estimate of drug-likeness (QED) is 0.0968. The summed E-state index contributed by atoms with van der Waals surface area (Å²) in [6.45, 7) is 6.26. The highest BCUT2D eigenvalue weighted by Gasteiger charge is 2.40. The monoisotopic (exact) mass is 647 g/mol. The molecule has 0 heterocycles. The molecule has 0 aromatic carbocycles. The normalized spacial score (nSPS) is 31.6. The van der Waals surface area contributed by atoms with Crippen molar-refractivity contribution < 1.29 is 28.5 Å². The minimum Gasteiger partial charge on any atom is -0.462 e. The van der Waals surface area contributed by atoms with Crippen molar-refractivity contribution in [2.45, 2.75) is 205 Å². The van der Waals surface area contributed by atoms with Crippen LogP contribution < -0.4 is 0 Å². The number of ether oxygens (including phenoxy) is 4. The SMILES string of the molecule is CCCCCCCCOC1CCC(OC(=O)C2CCC3CC(OC(=O)C4CCC(OCCCCCCCC)CC4)CCC3C2)CC1. The van der Waals surface area contributed by atoms with Gasteiger partial charge in [0, 0.05) is 13.2 Å². The van der Waals surface area contributed by atoms with Gasteiger partial charge in [0.15, 0.2) is 0 Å². The van der Waals surface area contributed by atoms with Crippen LogP contribution in [0, 0.1) is 23.7 Å². The highest BCUT2D eigenvalue weighted by molar-refractivity contribution is 5.73. The van der Waals surface area contributed by atoms with Crippen LogP contribution in [0.15, 0.2) is 0 Å². The molecule has 0 radical (unpaired) electrons. The van der Waals surface area contributed by atoms with Gasteiger partial charge in [0.05, 0.1) is 24.0 Å². The third-order valence-electron chi connectivity index (χ3n) is 11.8. The first kappa shape index (κ1) is 37.7. The Hall–Kier alpha value is -1.14. The van der Waals surface area contributed by atoms with Crippen molar-refractivity contribution in [3.63, 3.8) is 0 Å². The van der Waals surface area contributed by atoms with Crippen molar-refractivity contribution in [3.05, 3.63) is 0 Å². The second kappa shape index (κ2) is 21.8. The summed E-state index contributed by atoms with van der Waals surface area (Å²) in [6, 6.07) is 0. The molecular formula is C40H70O6. The molecule has 46 heavy (non-hydrogen) atoms. The van der Waals surface area contributed by atoms with E-state index in [1.807, 2.05) is 0 Å². The number of carbonyl (C=O) groups excluding carboxylic acids is 2. The molecule has 4 atom stereocenters. The lowest BCUT2D eigenvalue weighted by molar-refractivity contribution is -0.162. The van der Waals surface area contributed by atoms with Gasteiger partial charge in [0.25, 0.3) is 0 Å². The number of rotatable bonds is 20. The van der Waals surface area contributed by atoms with Crippen LogP contribution in [-0.4, -0.2) is 49.6 Å². The summed E-state index contributed by atoms with van der Waals surface area (Å²) < 4.78 is 24.5. The van der Waals surface area contributed by atoms with E-state index in [9.17, 15) is 9.59 Å². The lowest BCUT2D eigenvalue weighted by Gasteiger charge is -2.41. The van der Waals surface area contributed by atoms with Gasteiger partial charge in [-0.2, -0.15) is 0 Å². The number of carbonyl (C=O) groups is 2. The van der Waals surface area contributed by atoms with Crippen LogP contribution in [-0.2, 0) is 28.5 Å². The van der Waals surface area contributed by atoms with Gasteiger partial charge in [-0.3, -0.25) is 9.59 Å². The molecule has 0 N–H and O–H groups in total. The highest BCUT2D eigenvalue weighted by atomic mass is 16.5. The van der Waals surface area contributed by atoms with Gasteiger partial charge >= 0.3 is 11.9 Å². The molecule has 0 aromatic heterocycles. The maximum Gasteiger partial charge on any atom is 0.309 e. The fraction of sp³-hybridized carbons (Fsp3) is 0.950. The molecule has 4 unspecified atom stereocenters. The average molecular weight is 647 g/mol. The third kappa shape index (κ3) is 13.4. The first-order chi connectivity index (χ1) is 22.6. The third-order valence-corrected chi connectivity index (χ3v) is 11.8. The lowest BCUT2D eigenvalue weighted by atomic mass is 9.67. The van der Waals surface area contributed by atoms with Gasteiger partial charge in [-0.05, 0) is 115 Å². The van der Waals surface area contributed by atoms with Gasteiger partial charge in [0.2, 0.25) is 0 Å². The van der Waals surface area contributed by atoms with Crippen molar-refractivity contribution >= 4 is 11.9 Å². The molecule has 6 heteroatoms. The first-order valence-electron chi connectivity index (χ1n) is 20.2. The van der Waals surface area contributed by atoms with E-state index in [1.54, 1.807) is 0 Å². The van der Waals surface area contributed by atoms with E-state index in [-0.39, 0.29) is 36.0 Å². The molecule has 0 bridgehead atoms. The van der Waals surface area contributed by atoms with Gasteiger partial charge < -0.3 is 18.9 Å². The first-order valence-corrected chi connectivity index (χ1v) is 20.2. The Morgan fingerprint density at radius 1 is 0.435 bits per heavy atom. The molecule has 0 spiro atoms. The van der Waals surface area contributed by atoms with Gasteiger partial charge in [0.1, 0.15) is 12.2 Å². The molecule has 4 saturated carbocycles. The summed E-state index contributed by atoms with van der Waals surface area (Å²) in [7, 11) is 0. The molecule has 0 saturated heterocycles. The number of hydrogen-bond acceptors (Lipinski definition) is 6. The highest BCUT2D eigenvalue weighted by Crippen LogP contribution is 2.44. The molecule has 4 fully saturated rings. The number of hydrogen-bond donors (Lipinski definition) is 0. The molecule has 4 aliphatic carbocycles. The summed E-state index contributed by atoms with van der Waals surface area (Å²) in [5, 5.41) is 0. The van der Waals surface area contributed by atoms with E-state index in [0.29, 0.717) is 24.0 Å². The Morgan fingerprint density at radius 3 is 1.46 bits per heavy atom. The fourth-order valence-corrected chi connectivity index (χ4v) is 8.73. The molecule has 266 valence electrons. The number of unbranched alkanes of at least 4 members (excludes halogenated alkanes) is 10. The standard InChI is InChI=1S/C40H70O6/c1-3-5-7-9-11-13-27-43-35-20-17-31(18-21-35)39(41)46-38-22-19-32-29-34(16-15-33(32)30-38)40(42)45-37-25-23-36(24-26-37)44-28-14-12-10-8-6-4-2/h31-38H,3-30H2,1-2H3. The minimum absolute atomic E-state index is 0.0256. The van der Waals surface area contributed by atoms with Crippen LogP contribution in [0.2, 0.25) is 0 Å². The molecule has 0 aliphatic heterocycles. The van der Waals surface area contributed by atoms with Crippen LogP contribution in [0.3, 0.4) is 0 Å². The second-order valence-electron chi connectivity index (χ2n) is 15.5. The largest absolute Gasteiger partial charge is 0.462 e. The van der Waals surface area contributed by atoms with E-state index in [1.165, 1.54) is 70.6 Å². The molecule has 4 aliphatic rings. The Labute approximate surface area is 282 Å². The Kier molecular flexibility index (Phi) is 17.8. The molecular weight excluding hydrogens is 576 g/mol. The van der Waals surface area contributed by atoms with E-state index in [4.69, 9.17) is 18.9 Å². The zero-order valence-corrected chi connectivity index (χ0v) is 29.9. The lowest BCUT2D eigenvalue weighted by Crippen LogP contribution is -2.39. The Balaban J connectivity index is 1.03. The van der Waals surface area contributed by atoms with Crippen LogP contribution in [0.1, 0.15) is 181 Å². The Morgan fingerprint density at radius 2 is 0.848 bits per heavy atom. The topological polar surface area (TPSA) is 71.1 Å². The number of fused-ring (bicyclic) bond motifs is 1. The second-order valence-corrected chi connectivity index (χ2v) is 15.5. The number of esters is 2. The maximum atomic E-state index is 13.1. The molecule has 0 amide bonds. The summed E-state index contributed by atoms with van der Waals surface area (Å²) in [5.41, 5.74) is 0.